The second kappa shape index (κ2) is 2.58. The first kappa shape index (κ1) is 7.79. The minimum atomic E-state index is -0.934. The van der Waals surface area contributed by atoms with Crippen molar-refractivity contribution in [1.82, 2.24) is 0 Å². The van der Waals surface area contributed by atoms with E-state index < -0.39 is 17.8 Å². The van der Waals surface area contributed by atoms with Crippen LogP contribution in [-0.2, 0) is 9.59 Å². The molecule has 2 rings (SSSR count). The van der Waals surface area contributed by atoms with Crippen LogP contribution in [-0.4, -0.2) is 11.9 Å². The van der Waals surface area contributed by atoms with E-state index in [9.17, 15) is 9.59 Å². The zero-order valence-corrected chi connectivity index (χ0v) is 6.69. The van der Waals surface area contributed by atoms with Gasteiger partial charge in [-0.25, -0.2) is 0 Å². The Morgan fingerprint density at radius 2 is 2.08 bits per heavy atom. The Hall–Kier alpha value is -1.84. The molecule has 0 radical (unpaired) electrons. The van der Waals surface area contributed by atoms with Gasteiger partial charge in [0.25, 0.3) is 0 Å². The van der Waals surface area contributed by atoms with E-state index in [0.717, 1.165) is 0 Å². The van der Waals surface area contributed by atoms with Gasteiger partial charge in [-0.15, -0.1) is 0 Å². The van der Waals surface area contributed by atoms with E-state index in [1.165, 1.54) is 0 Å². The summed E-state index contributed by atoms with van der Waals surface area (Å²) in [5, 5.41) is 0. The van der Waals surface area contributed by atoms with Crippen molar-refractivity contribution >= 4 is 11.9 Å². The van der Waals surface area contributed by atoms with Crippen LogP contribution in [0, 0.1) is 0 Å². The van der Waals surface area contributed by atoms with Crippen molar-refractivity contribution in [3.8, 4) is 5.75 Å². The van der Waals surface area contributed by atoms with E-state index in [2.05, 4.69) is 0 Å². The van der Waals surface area contributed by atoms with Crippen molar-refractivity contribution in [3.05, 3.63) is 29.8 Å². The van der Waals surface area contributed by atoms with Crippen LogP contribution in [0.1, 0.15) is 11.5 Å². The molecule has 1 heterocycles. The summed E-state index contributed by atoms with van der Waals surface area (Å²) < 4.78 is 4.84. The average Bonchev–Trinajstić information content (AvgIpc) is 2.39. The third-order valence-corrected chi connectivity index (χ3v) is 1.96. The Balaban J connectivity index is 2.52. The molecule has 0 aliphatic carbocycles. The minimum absolute atomic E-state index is 0.427. The lowest BCUT2D eigenvalue weighted by atomic mass is 10.0. The van der Waals surface area contributed by atoms with Gasteiger partial charge in [-0.2, -0.15) is 0 Å². The number of carbonyl (C=O) groups is 2. The first-order valence-electron chi connectivity index (χ1n) is 3.80. The third-order valence-electron chi connectivity index (χ3n) is 1.96. The summed E-state index contributed by atoms with van der Waals surface area (Å²) in [4.78, 5) is 22.0. The molecule has 0 aromatic heterocycles. The molecule has 0 saturated carbocycles. The monoisotopic (exact) mass is 177 g/mol. The van der Waals surface area contributed by atoms with E-state index >= 15 is 0 Å². The molecule has 1 atom stereocenters. The standard InChI is InChI=1S/C9H7NO3/c10-8(11)7-5-3-1-2-4-6(5)13-9(7)12/h1-4,7H,(H2,10,11). The number of hydrogen-bond donors (Lipinski definition) is 1. The Morgan fingerprint density at radius 1 is 1.38 bits per heavy atom. The smallest absolute Gasteiger partial charge is 0.328 e. The second-order valence-corrected chi connectivity index (χ2v) is 2.79. The fraction of sp³-hybridized carbons (Fsp3) is 0.111. The van der Waals surface area contributed by atoms with Crippen LogP contribution in [0.2, 0.25) is 0 Å². The first-order valence-corrected chi connectivity index (χ1v) is 3.80. The predicted octanol–water partition coefficient (Wildman–Crippen LogP) is 0.174. The van der Waals surface area contributed by atoms with Gasteiger partial charge in [0.05, 0.1) is 0 Å². The summed E-state index contributed by atoms with van der Waals surface area (Å²) in [5.41, 5.74) is 5.62. The van der Waals surface area contributed by atoms with Crippen molar-refractivity contribution in [2.75, 3.05) is 0 Å². The van der Waals surface area contributed by atoms with Crippen LogP contribution in [0.15, 0.2) is 24.3 Å². The highest BCUT2D eigenvalue weighted by atomic mass is 16.5. The van der Waals surface area contributed by atoms with Crippen LogP contribution < -0.4 is 10.5 Å². The summed E-state index contributed by atoms with van der Waals surface area (Å²) in [5.74, 6) is -1.77. The molecule has 1 aromatic carbocycles. The molecule has 1 aliphatic rings. The molecule has 1 aromatic rings. The number of rotatable bonds is 1. The lowest BCUT2D eigenvalue weighted by molar-refractivity contribution is -0.137. The lowest BCUT2D eigenvalue weighted by Crippen LogP contribution is -2.26. The molecule has 0 spiro atoms. The SMILES string of the molecule is NC(=O)C1C(=O)Oc2ccccc21. The number of nitrogens with two attached hydrogens (primary N) is 1. The number of fused-ring (bicyclic) bond motifs is 1. The normalized spacial score (nSPS) is 19.4. The molecule has 1 aliphatic heterocycles. The Kier molecular flexibility index (Phi) is 1.55. The van der Waals surface area contributed by atoms with Crippen molar-refractivity contribution < 1.29 is 14.3 Å². The van der Waals surface area contributed by atoms with Gasteiger partial charge in [0.2, 0.25) is 5.91 Å². The van der Waals surface area contributed by atoms with E-state index in [1.54, 1.807) is 24.3 Å². The Morgan fingerprint density at radius 3 is 2.77 bits per heavy atom. The largest absolute Gasteiger partial charge is 0.425 e. The summed E-state index contributed by atoms with van der Waals surface area (Å²) in [6, 6.07) is 6.76. The van der Waals surface area contributed by atoms with E-state index in [4.69, 9.17) is 10.5 Å². The number of benzene rings is 1. The molecule has 66 valence electrons. The summed E-state index contributed by atoms with van der Waals surface area (Å²) in [6.07, 6.45) is 0. The quantitative estimate of drug-likeness (QED) is 0.378. The molecule has 0 saturated heterocycles. The number of carbonyl (C=O) groups excluding carboxylic acids is 2. The highest BCUT2D eigenvalue weighted by Gasteiger charge is 2.36. The zero-order valence-electron chi connectivity index (χ0n) is 6.69. The highest BCUT2D eigenvalue weighted by Crippen LogP contribution is 2.33. The fourth-order valence-electron chi connectivity index (χ4n) is 1.38. The number of amides is 1. The molecule has 0 fully saturated rings. The van der Waals surface area contributed by atoms with E-state index in [0.29, 0.717) is 11.3 Å². The molecular weight excluding hydrogens is 170 g/mol. The van der Waals surface area contributed by atoms with Gasteiger partial charge in [-0.3, -0.25) is 9.59 Å². The van der Waals surface area contributed by atoms with Gasteiger partial charge >= 0.3 is 5.97 Å². The molecule has 13 heavy (non-hydrogen) atoms. The molecule has 1 amide bonds. The topological polar surface area (TPSA) is 69.4 Å². The lowest BCUT2D eigenvalue weighted by Gasteiger charge is -1.99. The van der Waals surface area contributed by atoms with Crippen molar-refractivity contribution in [3.63, 3.8) is 0 Å². The minimum Gasteiger partial charge on any atom is -0.425 e. The van der Waals surface area contributed by atoms with Gasteiger partial charge in [0, 0.05) is 5.56 Å². The van der Waals surface area contributed by atoms with Crippen LogP contribution in [0.3, 0.4) is 0 Å². The molecule has 4 heteroatoms. The zero-order chi connectivity index (χ0) is 9.42. The summed E-state index contributed by atoms with van der Waals surface area (Å²) in [7, 11) is 0. The van der Waals surface area contributed by atoms with E-state index in [-0.39, 0.29) is 0 Å². The van der Waals surface area contributed by atoms with Crippen LogP contribution in [0.4, 0.5) is 0 Å². The summed E-state index contributed by atoms with van der Waals surface area (Å²) >= 11 is 0. The number of hydrogen-bond acceptors (Lipinski definition) is 3. The van der Waals surface area contributed by atoms with Gasteiger partial charge in [0.15, 0.2) is 5.92 Å². The maximum absolute atomic E-state index is 11.1. The number of esters is 1. The molecule has 1 unspecified atom stereocenters. The molecule has 0 bridgehead atoms. The molecule has 2 N–H and O–H groups in total. The van der Waals surface area contributed by atoms with Gasteiger partial charge in [-0.1, -0.05) is 18.2 Å². The summed E-state index contributed by atoms with van der Waals surface area (Å²) in [6.45, 7) is 0. The molecule has 4 nitrogen and oxygen atoms in total. The fourth-order valence-corrected chi connectivity index (χ4v) is 1.38. The molecular formula is C9H7NO3. The van der Waals surface area contributed by atoms with Crippen molar-refractivity contribution in [1.29, 1.82) is 0 Å². The van der Waals surface area contributed by atoms with Crippen molar-refractivity contribution in [2.24, 2.45) is 5.73 Å². The maximum Gasteiger partial charge on any atom is 0.328 e. The Bertz CT molecular complexity index is 386. The number of primary amides is 1. The number of para-hydroxylation sites is 1. The Labute approximate surface area is 74.3 Å². The second-order valence-electron chi connectivity index (χ2n) is 2.79. The van der Waals surface area contributed by atoms with Crippen LogP contribution in [0.25, 0.3) is 0 Å². The van der Waals surface area contributed by atoms with Crippen molar-refractivity contribution in [2.45, 2.75) is 5.92 Å². The average molecular weight is 177 g/mol. The highest BCUT2D eigenvalue weighted by molar-refractivity contribution is 6.06. The third kappa shape index (κ3) is 1.07. The van der Waals surface area contributed by atoms with Gasteiger partial charge in [-0.05, 0) is 6.07 Å². The maximum atomic E-state index is 11.1. The van der Waals surface area contributed by atoms with Gasteiger partial charge < -0.3 is 10.5 Å². The predicted molar refractivity (Wildman–Crippen MR) is 44.0 cm³/mol. The van der Waals surface area contributed by atoms with Crippen LogP contribution in [0.5, 0.6) is 5.75 Å². The first-order chi connectivity index (χ1) is 6.20. The number of ether oxygens (including phenoxy) is 1. The van der Waals surface area contributed by atoms with Gasteiger partial charge in [0.1, 0.15) is 5.75 Å². The van der Waals surface area contributed by atoms with E-state index in [1.807, 2.05) is 0 Å². The van der Waals surface area contributed by atoms with Crippen LogP contribution >= 0.6 is 0 Å².